The molecule has 0 radical (unpaired) electrons. The van der Waals surface area contributed by atoms with Gasteiger partial charge in [0.05, 0.1) is 6.33 Å². The Balaban J connectivity index is 2.01. The van der Waals surface area contributed by atoms with Gasteiger partial charge in [-0.05, 0) is 29.5 Å². The van der Waals surface area contributed by atoms with E-state index in [0.717, 1.165) is 12.1 Å². The van der Waals surface area contributed by atoms with Crippen LogP contribution in [0.4, 0.5) is 0 Å². The van der Waals surface area contributed by atoms with E-state index in [2.05, 4.69) is 38.0 Å². The molecule has 1 heterocycles. The van der Waals surface area contributed by atoms with Crippen molar-refractivity contribution in [2.24, 2.45) is 11.8 Å². The average molecular weight is 299 g/mol. The Labute approximate surface area is 132 Å². The molecule has 0 saturated carbocycles. The first-order valence-corrected chi connectivity index (χ1v) is 7.83. The second-order valence-electron chi connectivity index (χ2n) is 6.42. The molecule has 2 aromatic rings. The Hall–Kier alpha value is -2.10. The van der Waals surface area contributed by atoms with Gasteiger partial charge in [0.1, 0.15) is 0 Å². The number of nitrogens with one attached hydrogen (secondary N) is 1. The van der Waals surface area contributed by atoms with Crippen LogP contribution >= 0.6 is 0 Å². The molecule has 0 aliphatic rings. The highest BCUT2D eigenvalue weighted by Gasteiger charge is 2.20. The van der Waals surface area contributed by atoms with Crippen molar-refractivity contribution in [1.82, 2.24) is 14.9 Å². The van der Waals surface area contributed by atoms with Gasteiger partial charge in [0, 0.05) is 30.5 Å². The molecule has 0 fully saturated rings. The Morgan fingerprint density at radius 3 is 2.27 bits per heavy atom. The number of nitrogens with zero attached hydrogens (tertiary/aromatic N) is 2. The van der Waals surface area contributed by atoms with Crippen molar-refractivity contribution < 1.29 is 4.79 Å². The minimum Gasteiger partial charge on any atom is -0.349 e. The maximum Gasteiger partial charge on any atom is 0.251 e. The Kier molecular flexibility index (Phi) is 5.36. The molecule has 0 spiro atoms. The summed E-state index contributed by atoms with van der Waals surface area (Å²) in [6, 6.07) is 7.96. The third kappa shape index (κ3) is 4.20. The maximum absolute atomic E-state index is 12.4. The van der Waals surface area contributed by atoms with Crippen molar-refractivity contribution in [3.05, 3.63) is 54.1 Å². The topological polar surface area (TPSA) is 46.9 Å². The second kappa shape index (κ2) is 7.25. The van der Waals surface area contributed by atoms with E-state index in [1.807, 2.05) is 35.0 Å². The number of imidazole rings is 1. The van der Waals surface area contributed by atoms with E-state index in [9.17, 15) is 4.79 Å². The highest BCUT2D eigenvalue weighted by molar-refractivity contribution is 5.94. The van der Waals surface area contributed by atoms with Crippen LogP contribution in [-0.2, 0) is 6.54 Å². The highest BCUT2D eigenvalue weighted by atomic mass is 16.1. The molecule has 1 aromatic carbocycles. The molecule has 0 saturated heterocycles. The summed E-state index contributed by atoms with van der Waals surface area (Å²) in [5, 5.41) is 3.14. The molecule has 1 N–H and O–H groups in total. The number of carbonyl (C=O) groups excluding carboxylic acids is 1. The van der Waals surface area contributed by atoms with E-state index in [1.165, 1.54) is 0 Å². The normalized spacial score (nSPS) is 11.4. The lowest BCUT2D eigenvalue weighted by molar-refractivity contribution is 0.0910. The Bertz CT molecular complexity index is 577. The van der Waals surface area contributed by atoms with Crippen LogP contribution in [-0.4, -0.2) is 21.5 Å². The van der Waals surface area contributed by atoms with Crippen LogP contribution < -0.4 is 5.32 Å². The number of hydrogen-bond donors (Lipinski definition) is 1. The standard InChI is InChI=1S/C18H25N3O/c1-13(2)17(14(3)4)20-18(22)16-7-5-15(6-8-16)11-21-10-9-19-12-21/h5-10,12-14,17H,11H2,1-4H3,(H,20,22). The van der Waals surface area contributed by atoms with Crippen molar-refractivity contribution in [3.8, 4) is 0 Å². The van der Waals surface area contributed by atoms with E-state index in [0.29, 0.717) is 17.4 Å². The number of amides is 1. The van der Waals surface area contributed by atoms with E-state index in [1.54, 1.807) is 12.5 Å². The number of hydrogen-bond acceptors (Lipinski definition) is 2. The van der Waals surface area contributed by atoms with Crippen LogP contribution in [0.2, 0.25) is 0 Å². The molecule has 1 aromatic heterocycles. The quantitative estimate of drug-likeness (QED) is 0.889. The summed E-state index contributed by atoms with van der Waals surface area (Å²) in [5.41, 5.74) is 1.86. The van der Waals surface area contributed by atoms with Crippen molar-refractivity contribution >= 4 is 5.91 Å². The third-order valence-electron chi connectivity index (χ3n) is 3.87. The van der Waals surface area contributed by atoms with Crippen LogP contribution in [0.25, 0.3) is 0 Å². The summed E-state index contributed by atoms with van der Waals surface area (Å²) in [6.07, 6.45) is 5.48. The van der Waals surface area contributed by atoms with E-state index >= 15 is 0 Å². The molecule has 4 nitrogen and oxygen atoms in total. The minimum absolute atomic E-state index is 0.00146. The van der Waals surface area contributed by atoms with Gasteiger partial charge in [-0.3, -0.25) is 4.79 Å². The molecule has 2 rings (SSSR count). The van der Waals surface area contributed by atoms with E-state index in [-0.39, 0.29) is 11.9 Å². The van der Waals surface area contributed by atoms with Crippen molar-refractivity contribution in [3.63, 3.8) is 0 Å². The van der Waals surface area contributed by atoms with Crippen LogP contribution in [0.15, 0.2) is 43.0 Å². The van der Waals surface area contributed by atoms with Gasteiger partial charge < -0.3 is 9.88 Å². The van der Waals surface area contributed by atoms with Crippen LogP contribution in [0.3, 0.4) is 0 Å². The van der Waals surface area contributed by atoms with Gasteiger partial charge in [-0.2, -0.15) is 0 Å². The highest BCUT2D eigenvalue weighted by Crippen LogP contribution is 2.13. The predicted octanol–water partition coefficient (Wildman–Crippen LogP) is 3.34. The van der Waals surface area contributed by atoms with Crippen molar-refractivity contribution in [2.75, 3.05) is 0 Å². The van der Waals surface area contributed by atoms with Gasteiger partial charge in [0.25, 0.3) is 5.91 Å². The molecule has 0 unspecified atom stereocenters. The van der Waals surface area contributed by atoms with E-state index in [4.69, 9.17) is 0 Å². The van der Waals surface area contributed by atoms with Gasteiger partial charge in [-0.15, -0.1) is 0 Å². The number of rotatable bonds is 6. The second-order valence-corrected chi connectivity index (χ2v) is 6.42. The predicted molar refractivity (Wildman–Crippen MR) is 88.7 cm³/mol. The van der Waals surface area contributed by atoms with Gasteiger partial charge in [0.15, 0.2) is 0 Å². The monoisotopic (exact) mass is 299 g/mol. The summed E-state index contributed by atoms with van der Waals surface area (Å²) >= 11 is 0. The molecule has 118 valence electrons. The number of carbonyl (C=O) groups is 1. The molecular formula is C18H25N3O. The average Bonchev–Trinajstić information content (AvgIpc) is 2.97. The fourth-order valence-electron chi connectivity index (χ4n) is 2.69. The van der Waals surface area contributed by atoms with Gasteiger partial charge >= 0.3 is 0 Å². The molecule has 0 aliphatic heterocycles. The zero-order valence-electron chi connectivity index (χ0n) is 13.8. The fourth-order valence-corrected chi connectivity index (χ4v) is 2.69. The van der Waals surface area contributed by atoms with Crippen LogP contribution in [0.1, 0.15) is 43.6 Å². The van der Waals surface area contributed by atoms with Gasteiger partial charge in [0.2, 0.25) is 0 Å². The molecular weight excluding hydrogens is 274 g/mol. The molecule has 22 heavy (non-hydrogen) atoms. The largest absolute Gasteiger partial charge is 0.349 e. The fraction of sp³-hybridized carbons (Fsp3) is 0.444. The third-order valence-corrected chi connectivity index (χ3v) is 3.87. The number of benzene rings is 1. The summed E-state index contributed by atoms with van der Waals surface area (Å²) in [6.45, 7) is 9.32. The van der Waals surface area contributed by atoms with Gasteiger partial charge in [-0.25, -0.2) is 4.98 Å². The van der Waals surface area contributed by atoms with Crippen molar-refractivity contribution in [2.45, 2.75) is 40.3 Å². The lowest BCUT2D eigenvalue weighted by Gasteiger charge is -2.26. The zero-order chi connectivity index (χ0) is 16.1. The summed E-state index contributed by atoms with van der Waals surface area (Å²) in [5.74, 6) is 0.843. The first-order chi connectivity index (χ1) is 10.5. The van der Waals surface area contributed by atoms with Crippen molar-refractivity contribution in [1.29, 1.82) is 0 Å². The van der Waals surface area contributed by atoms with E-state index < -0.39 is 0 Å². The Morgan fingerprint density at radius 2 is 1.77 bits per heavy atom. The molecule has 0 bridgehead atoms. The lowest BCUT2D eigenvalue weighted by atomic mass is 9.93. The number of aromatic nitrogens is 2. The minimum atomic E-state index is 0.00146. The van der Waals surface area contributed by atoms with Crippen LogP contribution in [0, 0.1) is 11.8 Å². The summed E-state index contributed by atoms with van der Waals surface area (Å²) in [7, 11) is 0. The smallest absolute Gasteiger partial charge is 0.251 e. The Morgan fingerprint density at radius 1 is 1.14 bits per heavy atom. The van der Waals surface area contributed by atoms with Crippen LogP contribution in [0.5, 0.6) is 0 Å². The maximum atomic E-state index is 12.4. The molecule has 1 amide bonds. The summed E-state index contributed by atoms with van der Waals surface area (Å²) in [4.78, 5) is 16.4. The SMILES string of the molecule is CC(C)C(NC(=O)c1ccc(Cn2ccnc2)cc1)C(C)C. The van der Waals surface area contributed by atoms with Gasteiger partial charge in [-0.1, -0.05) is 39.8 Å². The first kappa shape index (κ1) is 16.3. The first-order valence-electron chi connectivity index (χ1n) is 7.83. The summed E-state index contributed by atoms with van der Waals surface area (Å²) < 4.78 is 2.00. The molecule has 4 heteroatoms. The molecule has 0 atom stereocenters. The zero-order valence-corrected chi connectivity index (χ0v) is 13.8. The lowest BCUT2D eigenvalue weighted by Crippen LogP contribution is -2.42. The molecule has 0 aliphatic carbocycles.